The van der Waals surface area contributed by atoms with Gasteiger partial charge in [-0.1, -0.05) is 15.9 Å². The number of rotatable bonds is 1. The summed E-state index contributed by atoms with van der Waals surface area (Å²) in [5.41, 5.74) is 2.08. The summed E-state index contributed by atoms with van der Waals surface area (Å²) in [7, 11) is 0. The molecule has 16 heavy (non-hydrogen) atoms. The molecule has 84 valence electrons. The van der Waals surface area contributed by atoms with E-state index in [0.29, 0.717) is 11.1 Å². The van der Waals surface area contributed by atoms with Crippen molar-refractivity contribution in [1.82, 2.24) is 0 Å². The highest BCUT2D eigenvalue weighted by molar-refractivity contribution is 9.10. The standard InChI is InChI=1S/C11H9BrO4/c1-5-2-7-6(8(12)3-5)4-9(10(13)14)16-11(7)15/h2-3,9H,4H2,1H3,(H,13,14). The van der Waals surface area contributed by atoms with Crippen LogP contribution in [0.15, 0.2) is 16.6 Å². The molecule has 0 fully saturated rings. The van der Waals surface area contributed by atoms with E-state index < -0.39 is 18.0 Å². The molecule has 0 radical (unpaired) electrons. The summed E-state index contributed by atoms with van der Waals surface area (Å²) in [6.07, 6.45) is -0.879. The number of benzene rings is 1. The molecule has 1 aromatic rings. The number of carboxylic acids is 1. The van der Waals surface area contributed by atoms with Gasteiger partial charge in [0.05, 0.1) is 5.56 Å². The molecule has 5 heteroatoms. The number of esters is 1. The smallest absolute Gasteiger partial charge is 0.345 e. The molecule has 4 nitrogen and oxygen atoms in total. The van der Waals surface area contributed by atoms with Crippen LogP contribution < -0.4 is 0 Å². The Bertz CT molecular complexity index is 481. The first-order chi connectivity index (χ1) is 7.49. The minimum absolute atomic E-state index is 0.206. The van der Waals surface area contributed by atoms with Gasteiger partial charge in [0.15, 0.2) is 0 Å². The minimum atomic E-state index is -1.12. The Morgan fingerprint density at radius 2 is 2.25 bits per heavy atom. The van der Waals surface area contributed by atoms with Gasteiger partial charge >= 0.3 is 11.9 Å². The molecule has 1 N–H and O–H groups in total. The number of hydrogen-bond donors (Lipinski definition) is 1. The third-order valence-electron chi connectivity index (χ3n) is 2.47. The van der Waals surface area contributed by atoms with Crippen molar-refractivity contribution in [3.63, 3.8) is 0 Å². The summed E-state index contributed by atoms with van der Waals surface area (Å²) in [5.74, 6) is -1.69. The topological polar surface area (TPSA) is 63.6 Å². The number of aliphatic carboxylic acids is 1. The molecule has 0 aliphatic carbocycles. The van der Waals surface area contributed by atoms with Crippen molar-refractivity contribution in [3.05, 3.63) is 33.3 Å². The van der Waals surface area contributed by atoms with E-state index in [1.54, 1.807) is 6.07 Å². The fourth-order valence-corrected chi connectivity index (χ4v) is 2.46. The van der Waals surface area contributed by atoms with E-state index in [0.717, 1.165) is 10.0 Å². The van der Waals surface area contributed by atoms with E-state index in [2.05, 4.69) is 15.9 Å². The Kier molecular flexibility index (Phi) is 2.71. The van der Waals surface area contributed by atoms with Gasteiger partial charge in [0.2, 0.25) is 6.10 Å². The maximum absolute atomic E-state index is 11.6. The molecule has 1 aromatic carbocycles. The van der Waals surface area contributed by atoms with Crippen molar-refractivity contribution in [1.29, 1.82) is 0 Å². The van der Waals surface area contributed by atoms with Gasteiger partial charge in [-0.15, -0.1) is 0 Å². The molecule has 0 aromatic heterocycles. The highest BCUT2D eigenvalue weighted by atomic mass is 79.9. The molecule has 1 aliphatic heterocycles. The molecule has 0 spiro atoms. The lowest BCUT2D eigenvalue weighted by Crippen LogP contribution is -2.34. The zero-order chi connectivity index (χ0) is 11.9. The Morgan fingerprint density at radius 1 is 1.56 bits per heavy atom. The highest BCUT2D eigenvalue weighted by Crippen LogP contribution is 2.29. The predicted molar refractivity (Wildman–Crippen MR) is 59.4 cm³/mol. The number of halogens is 1. The number of cyclic esters (lactones) is 1. The van der Waals surface area contributed by atoms with Crippen molar-refractivity contribution in [2.45, 2.75) is 19.4 Å². The summed E-state index contributed by atoms with van der Waals surface area (Å²) in [6.45, 7) is 1.86. The third-order valence-corrected chi connectivity index (χ3v) is 3.18. The number of hydrogen-bond acceptors (Lipinski definition) is 3. The monoisotopic (exact) mass is 284 g/mol. The molecule has 0 saturated carbocycles. The first kappa shape index (κ1) is 11.1. The van der Waals surface area contributed by atoms with Crippen molar-refractivity contribution in [3.8, 4) is 0 Å². The average molecular weight is 285 g/mol. The van der Waals surface area contributed by atoms with Gasteiger partial charge in [0.25, 0.3) is 0 Å². The molecular weight excluding hydrogens is 276 g/mol. The van der Waals surface area contributed by atoms with Gasteiger partial charge in [0.1, 0.15) is 0 Å². The minimum Gasteiger partial charge on any atom is -0.478 e. The van der Waals surface area contributed by atoms with Gasteiger partial charge in [-0.2, -0.15) is 0 Å². The van der Waals surface area contributed by atoms with E-state index in [9.17, 15) is 9.59 Å². The molecule has 2 rings (SSSR count). The largest absolute Gasteiger partial charge is 0.478 e. The zero-order valence-electron chi connectivity index (χ0n) is 8.49. The molecule has 0 bridgehead atoms. The fourth-order valence-electron chi connectivity index (χ4n) is 1.72. The Hall–Kier alpha value is -1.36. The lowest BCUT2D eigenvalue weighted by molar-refractivity contribution is -0.147. The van der Waals surface area contributed by atoms with E-state index in [-0.39, 0.29) is 6.42 Å². The second-order valence-electron chi connectivity index (χ2n) is 3.71. The van der Waals surface area contributed by atoms with Crippen LogP contribution in [0.3, 0.4) is 0 Å². The van der Waals surface area contributed by atoms with Crippen LogP contribution in [0.25, 0.3) is 0 Å². The lowest BCUT2D eigenvalue weighted by Gasteiger charge is -2.22. The van der Waals surface area contributed by atoms with Gasteiger partial charge < -0.3 is 9.84 Å². The fraction of sp³-hybridized carbons (Fsp3) is 0.273. The van der Waals surface area contributed by atoms with E-state index in [1.807, 2.05) is 13.0 Å². The molecule has 1 aliphatic rings. The van der Waals surface area contributed by atoms with Gasteiger partial charge in [-0.25, -0.2) is 9.59 Å². The van der Waals surface area contributed by atoms with Crippen LogP contribution in [-0.4, -0.2) is 23.1 Å². The van der Waals surface area contributed by atoms with Crippen molar-refractivity contribution < 1.29 is 19.4 Å². The normalized spacial score (nSPS) is 18.9. The first-order valence-corrected chi connectivity index (χ1v) is 5.51. The number of ether oxygens (including phenoxy) is 1. The Labute approximate surface area is 100 Å². The highest BCUT2D eigenvalue weighted by Gasteiger charge is 2.32. The maximum atomic E-state index is 11.6. The third kappa shape index (κ3) is 1.82. The second kappa shape index (κ2) is 3.90. The Balaban J connectivity index is 2.50. The number of aryl methyl sites for hydroxylation is 1. The van der Waals surface area contributed by atoms with Crippen molar-refractivity contribution in [2.24, 2.45) is 0 Å². The van der Waals surface area contributed by atoms with Crippen molar-refractivity contribution >= 4 is 27.9 Å². The van der Waals surface area contributed by atoms with Crippen LogP contribution in [0.4, 0.5) is 0 Å². The maximum Gasteiger partial charge on any atom is 0.345 e. The van der Waals surface area contributed by atoms with Crippen LogP contribution in [0.1, 0.15) is 21.5 Å². The van der Waals surface area contributed by atoms with Crippen LogP contribution in [-0.2, 0) is 16.0 Å². The summed E-state index contributed by atoms with van der Waals surface area (Å²) in [5, 5.41) is 8.83. The van der Waals surface area contributed by atoms with E-state index in [4.69, 9.17) is 9.84 Å². The van der Waals surface area contributed by atoms with Crippen LogP contribution in [0, 0.1) is 6.92 Å². The molecule has 0 saturated heterocycles. The second-order valence-corrected chi connectivity index (χ2v) is 4.56. The Morgan fingerprint density at radius 3 is 2.88 bits per heavy atom. The summed E-state index contributed by atoms with van der Waals surface area (Å²) < 4.78 is 5.58. The number of carbonyl (C=O) groups excluding carboxylic acids is 1. The number of carboxylic acid groups (broad SMARTS) is 1. The first-order valence-electron chi connectivity index (χ1n) is 4.72. The average Bonchev–Trinajstić information content (AvgIpc) is 2.19. The predicted octanol–water partition coefficient (Wildman–Crippen LogP) is 1.92. The molecule has 1 heterocycles. The van der Waals surface area contributed by atoms with Gasteiger partial charge in [-0.3, -0.25) is 0 Å². The number of fused-ring (bicyclic) bond motifs is 1. The molecular formula is C11H9BrO4. The quantitative estimate of drug-likeness (QED) is 0.801. The van der Waals surface area contributed by atoms with Gasteiger partial charge in [-0.05, 0) is 30.2 Å². The zero-order valence-corrected chi connectivity index (χ0v) is 10.1. The van der Waals surface area contributed by atoms with E-state index >= 15 is 0 Å². The molecule has 0 amide bonds. The number of carbonyl (C=O) groups is 2. The molecule has 1 atom stereocenters. The summed E-state index contributed by atoms with van der Waals surface area (Å²) in [6, 6.07) is 3.57. The van der Waals surface area contributed by atoms with Crippen LogP contribution in [0.2, 0.25) is 0 Å². The summed E-state index contributed by atoms with van der Waals surface area (Å²) in [4.78, 5) is 22.4. The molecule has 1 unspecified atom stereocenters. The van der Waals surface area contributed by atoms with Gasteiger partial charge in [0, 0.05) is 10.9 Å². The van der Waals surface area contributed by atoms with Crippen molar-refractivity contribution in [2.75, 3.05) is 0 Å². The van der Waals surface area contributed by atoms with Crippen LogP contribution >= 0.6 is 15.9 Å². The van der Waals surface area contributed by atoms with Crippen LogP contribution in [0.5, 0.6) is 0 Å². The van der Waals surface area contributed by atoms with E-state index in [1.165, 1.54) is 0 Å². The SMILES string of the molecule is Cc1cc(Br)c2c(c1)C(=O)OC(C(=O)O)C2. The summed E-state index contributed by atoms with van der Waals surface area (Å²) >= 11 is 3.34. The lowest BCUT2D eigenvalue weighted by atomic mass is 9.97.